The Morgan fingerprint density at radius 2 is 1.83 bits per heavy atom. The first kappa shape index (κ1) is 19.4. The minimum atomic E-state index is -0.495. The monoisotopic (exact) mass is 404 g/mol. The first-order chi connectivity index (χ1) is 14.6. The molecule has 0 aromatic heterocycles. The van der Waals surface area contributed by atoms with Crippen LogP contribution >= 0.6 is 0 Å². The number of ketones is 1. The average molecular weight is 404 g/mol. The third-order valence-corrected chi connectivity index (χ3v) is 5.05. The van der Waals surface area contributed by atoms with E-state index in [-0.39, 0.29) is 36.0 Å². The Balaban J connectivity index is 1.68. The van der Waals surface area contributed by atoms with Gasteiger partial charge in [0.2, 0.25) is 5.75 Å². The predicted octanol–water partition coefficient (Wildman–Crippen LogP) is 4.92. The van der Waals surface area contributed by atoms with Crippen molar-refractivity contribution in [2.45, 2.75) is 19.1 Å². The van der Waals surface area contributed by atoms with E-state index < -0.39 is 11.0 Å². The second-order valence-corrected chi connectivity index (χ2v) is 6.97. The van der Waals surface area contributed by atoms with Gasteiger partial charge < -0.3 is 14.8 Å². The fourth-order valence-corrected chi connectivity index (χ4v) is 3.56. The quantitative estimate of drug-likeness (QED) is 0.463. The molecule has 1 aliphatic heterocycles. The zero-order chi connectivity index (χ0) is 21.1. The minimum absolute atomic E-state index is 0.0135. The summed E-state index contributed by atoms with van der Waals surface area (Å²) in [5.74, 6) is 0.307. The maximum atomic E-state index is 12.5. The third-order valence-electron chi connectivity index (χ3n) is 5.05. The van der Waals surface area contributed by atoms with Crippen LogP contribution in [0.1, 0.15) is 33.9 Å². The number of nitrogens with zero attached hydrogens (tertiary/aromatic N) is 1. The number of methoxy groups -OCH3 is 1. The van der Waals surface area contributed by atoms with Crippen LogP contribution in [0.3, 0.4) is 0 Å². The van der Waals surface area contributed by atoms with Crippen LogP contribution in [0.5, 0.6) is 11.5 Å². The van der Waals surface area contributed by atoms with Crippen molar-refractivity contribution in [2.75, 3.05) is 12.4 Å². The number of ether oxygens (including phenoxy) is 2. The molecule has 30 heavy (non-hydrogen) atoms. The smallest absolute Gasteiger partial charge is 0.315 e. The van der Waals surface area contributed by atoms with E-state index in [1.807, 2.05) is 48.5 Å². The van der Waals surface area contributed by atoms with Crippen LogP contribution < -0.4 is 14.8 Å². The molecule has 0 amide bonds. The van der Waals surface area contributed by atoms with Gasteiger partial charge in [-0.05, 0) is 29.3 Å². The summed E-state index contributed by atoms with van der Waals surface area (Å²) in [7, 11) is 1.44. The summed E-state index contributed by atoms with van der Waals surface area (Å²) in [5.41, 5.74) is 2.61. The number of hydrogen-bond acceptors (Lipinski definition) is 6. The molecule has 0 bridgehead atoms. The van der Waals surface area contributed by atoms with Crippen molar-refractivity contribution in [2.24, 2.45) is 0 Å². The zero-order valence-electron chi connectivity index (χ0n) is 16.3. The number of benzene rings is 3. The standard InChI is InChI=1S/C23H20N2O5/c1-29-22-12-16(19-13-21(26)17-9-5-6-10-18(17)24-19)11-20(25(27)28)23(22)30-14-15-7-3-2-4-8-15/h2-12,19,24H,13-14H2,1H3. The van der Waals surface area contributed by atoms with Crippen LogP contribution in [0.25, 0.3) is 0 Å². The van der Waals surface area contributed by atoms with Crippen molar-refractivity contribution in [1.82, 2.24) is 0 Å². The number of Topliss-reactive ketones (excluding diaryl/α,β-unsaturated/α-hetero) is 1. The molecule has 0 saturated heterocycles. The van der Waals surface area contributed by atoms with Gasteiger partial charge in [-0.1, -0.05) is 42.5 Å². The zero-order valence-corrected chi connectivity index (χ0v) is 16.3. The molecule has 1 N–H and O–H groups in total. The highest BCUT2D eigenvalue weighted by Crippen LogP contribution is 2.42. The molecule has 3 aromatic rings. The maximum Gasteiger partial charge on any atom is 0.315 e. The highest BCUT2D eigenvalue weighted by Gasteiger charge is 2.29. The van der Waals surface area contributed by atoms with Gasteiger partial charge in [0.15, 0.2) is 11.5 Å². The average Bonchev–Trinajstić information content (AvgIpc) is 2.77. The summed E-state index contributed by atoms with van der Waals surface area (Å²) in [4.78, 5) is 23.8. The number of carbonyl (C=O) groups excluding carboxylic acids is 1. The van der Waals surface area contributed by atoms with Crippen molar-refractivity contribution in [3.05, 3.63) is 93.5 Å². The number of para-hydroxylation sites is 1. The SMILES string of the molecule is COc1cc(C2CC(=O)c3ccccc3N2)cc([N+](=O)[O-])c1OCc1ccccc1. The van der Waals surface area contributed by atoms with Gasteiger partial charge in [-0.2, -0.15) is 0 Å². The molecule has 0 aliphatic carbocycles. The van der Waals surface area contributed by atoms with Crippen molar-refractivity contribution < 1.29 is 19.2 Å². The van der Waals surface area contributed by atoms with Crippen molar-refractivity contribution in [1.29, 1.82) is 0 Å². The molecule has 3 aromatic carbocycles. The Morgan fingerprint density at radius 3 is 2.57 bits per heavy atom. The van der Waals surface area contributed by atoms with Crippen molar-refractivity contribution >= 4 is 17.2 Å². The molecule has 1 aliphatic rings. The van der Waals surface area contributed by atoms with E-state index in [0.717, 1.165) is 5.56 Å². The van der Waals surface area contributed by atoms with Crippen molar-refractivity contribution in [3.8, 4) is 11.5 Å². The van der Waals surface area contributed by atoms with E-state index in [9.17, 15) is 14.9 Å². The lowest BCUT2D eigenvalue weighted by Gasteiger charge is -2.27. The molecule has 7 nitrogen and oxygen atoms in total. The summed E-state index contributed by atoms with van der Waals surface area (Å²) in [6, 6.07) is 19.4. The summed E-state index contributed by atoms with van der Waals surface area (Å²) >= 11 is 0. The molecule has 0 saturated carbocycles. The summed E-state index contributed by atoms with van der Waals surface area (Å²) in [5, 5.41) is 15.1. The second kappa shape index (κ2) is 8.24. The molecule has 152 valence electrons. The lowest BCUT2D eigenvalue weighted by Crippen LogP contribution is -2.22. The Bertz CT molecular complexity index is 1100. The highest BCUT2D eigenvalue weighted by atomic mass is 16.6. The molecule has 0 radical (unpaired) electrons. The number of fused-ring (bicyclic) bond motifs is 1. The molecule has 4 rings (SSSR count). The number of rotatable bonds is 6. The molecule has 0 fully saturated rings. The Morgan fingerprint density at radius 1 is 1.10 bits per heavy atom. The fraction of sp³-hybridized carbons (Fsp3) is 0.174. The van der Waals surface area contributed by atoms with Gasteiger partial charge in [0.25, 0.3) is 0 Å². The van der Waals surface area contributed by atoms with E-state index >= 15 is 0 Å². The molecular weight excluding hydrogens is 384 g/mol. The normalized spacial score (nSPS) is 15.1. The van der Waals surface area contributed by atoms with Crippen LogP contribution in [0.15, 0.2) is 66.7 Å². The van der Waals surface area contributed by atoms with Crippen LogP contribution in [0.4, 0.5) is 11.4 Å². The van der Waals surface area contributed by atoms with Gasteiger partial charge >= 0.3 is 5.69 Å². The summed E-state index contributed by atoms with van der Waals surface area (Å²) < 4.78 is 11.2. The van der Waals surface area contributed by atoms with Gasteiger partial charge in [-0.15, -0.1) is 0 Å². The van der Waals surface area contributed by atoms with E-state index in [2.05, 4.69) is 5.32 Å². The number of anilines is 1. The number of nitro groups is 1. The summed E-state index contributed by atoms with van der Waals surface area (Å²) in [6.07, 6.45) is 0.196. The Labute approximate surface area is 173 Å². The van der Waals surface area contributed by atoms with Crippen LogP contribution in [-0.4, -0.2) is 17.8 Å². The predicted molar refractivity (Wildman–Crippen MR) is 112 cm³/mol. The Kier molecular flexibility index (Phi) is 5.34. The molecule has 1 heterocycles. The lowest BCUT2D eigenvalue weighted by atomic mass is 9.92. The maximum absolute atomic E-state index is 12.5. The number of nitrogens with one attached hydrogen (secondary N) is 1. The van der Waals surface area contributed by atoms with Crippen LogP contribution in [0.2, 0.25) is 0 Å². The first-order valence-electron chi connectivity index (χ1n) is 9.48. The van der Waals surface area contributed by atoms with Crippen LogP contribution in [0, 0.1) is 10.1 Å². The molecule has 1 unspecified atom stereocenters. The van der Waals surface area contributed by atoms with Gasteiger partial charge in [-0.3, -0.25) is 14.9 Å². The molecule has 1 atom stereocenters. The van der Waals surface area contributed by atoms with E-state index in [0.29, 0.717) is 16.8 Å². The largest absolute Gasteiger partial charge is 0.493 e. The van der Waals surface area contributed by atoms with E-state index in [1.54, 1.807) is 12.1 Å². The number of hydrogen-bond donors (Lipinski definition) is 1. The first-order valence-corrected chi connectivity index (χ1v) is 9.48. The molecule has 0 spiro atoms. The van der Waals surface area contributed by atoms with Gasteiger partial charge in [0.1, 0.15) is 6.61 Å². The van der Waals surface area contributed by atoms with Gasteiger partial charge in [0, 0.05) is 23.7 Å². The molecular formula is C23H20N2O5. The number of nitro benzene ring substituents is 1. The van der Waals surface area contributed by atoms with E-state index in [1.165, 1.54) is 13.2 Å². The second-order valence-electron chi connectivity index (χ2n) is 6.97. The third kappa shape index (κ3) is 3.82. The van der Waals surface area contributed by atoms with E-state index in [4.69, 9.17) is 9.47 Å². The fourth-order valence-electron chi connectivity index (χ4n) is 3.56. The van der Waals surface area contributed by atoms with Crippen molar-refractivity contribution in [3.63, 3.8) is 0 Å². The Hall–Kier alpha value is -3.87. The van der Waals surface area contributed by atoms with Gasteiger partial charge in [-0.25, -0.2) is 0 Å². The minimum Gasteiger partial charge on any atom is -0.493 e. The lowest BCUT2D eigenvalue weighted by molar-refractivity contribution is -0.386. The molecule has 7 heteroatoms. The summed E-state index contributed by atoms with van der Waals surface area (Å²) in [6.45, 7) is 0.172. The van der Waals surface area contributed by atoms with Gasteiger partial charge in [0.05, 0.1) is 18.1 Å². The topological polar surface area (TPSA) is 90.7 Å². The number of carbonyl (C=O) groups is 1. The van der Waals surface area contributed by atoms with Crippen LogP contribution in [-0.2, 0) is 6.61 Å². The highest BCUT2D eigenvalue weighted by molar-refractivity contribution is 6.03.